The van der Waals surface area contributed by atoms with Gasteiger partial charge < -0.3 is 10.6 Å². The highest BCUT2D eigenvalue weighted by Crippen LogP contribution is 2.24. The summed E-state index contributed by atoms with van der Waals surface area (Å²) in [6.45, 7) is 13.0. The summed E-state index contributed by atoms with van der Waals surface area (Å²) >= 11 is 1.65. The van der Waals surface area contributed by atoms with Gasteiger partial charge in [0, 0.05) is 23.9 Å². The van der Waals surface area contributed by atoms with Crippen LogP contribution in [0, 0.1) is 0 Å². The van der Waals surface area contributed by atoms with E-state index in [9.17, 15) is 0 Å². The number of rotatable bonds is 4. The molecule has 1 aromatic rings. The molecular weight excluding hydrogens is 244 g/mol. The van der Waals surface area contributed by atoms with Gasteiger partial charge in [-0.1, -0.05) is 20.8 Å². The molecule has 0 fully saturated rings. The first kappa shape index (κ1) is 15.0. The largest absolute Gasteiger partial charge is 0.370 e. The van der Waals surface area contributed by atoms with Crippen molar-refractivity contribution in [1.82, 2.24) is 9.88 Å². The number of thiazole rings is 1. The number of guanidine groups is 1. The van der Waals surface area contributed by atoms with Crippen molar-refractivity contribution in [3.8, 4) is 0 Å². The minimum Gasteiger partial charge on any atom is -0.370 e. The van der Waals surface area contributed by atoms with E-state index in [-0.39, 0.29) is 5.41 Å². The standard InChI is InChI=1S/C13H24N4S/c1-6-17(7-2)12(14)15-8-11-16-10(9-18-11)13(3,4)5/h9H,6-8H2,1-5H3,(H2,14,15). The van der Waals surface area contributed by atoms with E-state index in [1.165, 1.54) is 0 Å². The van der Waals surface area contributed by atoms with Crippen LogP contribution >= 0.6 is 11.3 Å². The van der Waals surface area contributed by atoms with E-state index in [1.54, 1.807) is 11.3 Å². The summed E-state index contributed by atoms with van der Waals surface area (Å²) < 4.78 is 0. The van der Waals surface area contributed by atoms with Crippen molar-refractivity contribution in [2.75, 3.05) is 13.1 Å². The first-order chi connectivity index (χ1) is 8.38. The molecule has 0 unspecified atom stereocenters. The lowest BCUT2D eigenvalue weighted by molar-refractivity contribution is 0.458. The lowest BCUT2D eigenvalue weighted by Gasteiger charge is -2.19. The van der Waals surface area contributed by atoms with E-state index in [1.807, 2.05) is 4.90 Å². The van der Waals surface area contributed by atoms with E-state index in [0.29, 0.717) is 12.5 Å². The fourth-order valence-electron chi connectivity index (χ4n) is 1.52. The molecule has 0 aliphatic heterocycles. The van der Waals surface area contributed by atoms with Crippen LogP contribution in [0.1, 0.15) is 45.3 Å². The van der Waals surface area contributed by atoms with Crippen molar-refractivity contribution in [1.29, 1.82) is 0 Å². The average Bonchev–Trinajstić information content (AvgIpc) is 2.76. The first-order valence-electron chi connectivity index (χ1n) is 6.38. The Hall–Kier alpha value is -1.10. The number of aromatic nitrogens is 1. The normalized spacial score (nSPS) is 12.8. The van der Waals surface area contributed by atoms with Gasteiger partial charge in [0.05, 0.1) is 12.2 Å². The average molecular weight is 268 g/mol. The molecule has 102 valence electrons. The Morgan fingerprint density at radius 1 is 1.39 bits per heavy atom. The van der Waals surface area contributed by atoms with Crippen LogP contribution in [0.2, 0.25) is 0 Å². The summed E-state index contributed by atoms with van der Waals surface area (Å²) in [6, 6.07) is 0. The third-order valence-electron chi connectivity index (χ3n) is 2.78. The van der Waals surface area contributed by atoms with Crippen LogP contribution in [-0.2, 0) is 12.0 Å². The van der Waals surface area contributed by atoms with Gasteiger partial charge in [0.1, 0.15) is 5.01 Å². The van der Waals surface area contributed by atoms with Gasteiger partial charge in [-0.05, 0) is 13.8 Å². The maximum absolute atomic E-state index is 5.93. The number of nitrogens with two attached hydrogens (primary N) is 1. The molecule has 0 aromatic carbocycles. The molecule has 0 saturated carbocycles. The third kappa shape index (κ3) is 3.98. The number of aliphatic imine (C=N–C) groups is 1. The van der Waals surface area contributed by atoms with Crippen molar-refractivity contribution >= 4 is 17.3 Å². The minimum atomic E-state index is 0.100. The summed E-state index contributed by atoms with van der Waals surface area (Å²) in [5.41, 5.74) is 7.16. The van der Waals surface area contributed by atoms with Gasteiger partial charge in [0.25, 0.3) is 0 Å². The second-order valence-electron chi connectivity index (χ2n) is 5.22. The molecule has 0 radical (unpaired) electrons. The number of nitrogens with zero attached hydrogens (tertiary/aromatic N) is 3. The van der Waals surface area contributed by atoms with E-state index in [4.69, 9.17) is 5.73 Å². The van der Waals surface area contributed by atoms with Crippen molar-refractivity contribution in [2.24, 2.45) is 10.7 Å². The molecule has 1 rings (SSSR count). The summed E-state index contributed by atoms with van der Waals surface area (Å²) in [5.74, 6) is 0.604. The number of hydrogen-bond donors (Lipinski definition) is 1. The Labute approximate surface area is 114 Å². The van der Waals surface area contributed by atoms with E-state index >= 15 is 0 Å². The molecule has 5 heteroatoms. The zero-order chi connectivity index (χ0) is 13.8. The van der Waals surface area contributed by atoms with Crippen LogP contribution in [0.15, 0.2) is 10.4 Å². The van der Waals surface area contributed by atoms with Crippen molar-refractivity contribution < 1.29 is 0 Å². The highest BCUT2D eigenvalue weighted by Gasteiger charge is 2.17. The van der Waals surface area contributed by atoms with Crippen molar-refractivity contribution in [3.63, 3.8) is 0 Å². The predicted molar refractivity (Wildman–Crippen MR) is 79.1 cm³/mol. The van der Waals surface area contributed by atoms with E-state index < -0.39 is 0 Å². The fourth-order valence-corrected chi connectivity index (χ4v) is 2.47. The topological polar surface area (TPSA) is 54.5 Å². The van der Waals surface area contributed by atoms with Gasteiger partial charge in [0.15, 0.2) is 5.96 Å². The molecule has 0 atom stereocenters. The van der Waals surface area contributed by atoms with Gasteiger partial charge in [-0.25, -0.2) is 9.98 Å². The highest BCUT2D eigenvalue weighted by molar-refractivity contribution is 7.09. The third-order valence-corrected chi connectivity index (χ3v) is 3.62. The summed E-state index contributed by atoms with van der Waals surface area (Å²) in [7, 11) is 0. The molecule has 4 nitrogen and oxygen atoms in total. The molecular formula is C13H24N4S. The molecule has 1 aromatic heterocycles. The van der Waals surface area contributed by atoms with Crippen LogP contribution in [0.5, 0.6) is 0 Å². The molecule has 2 N–H and O–H groups in total. The van der Waals surface area contributed by atoms with Gasteiger partial charge >= 0.3 is 0 Å². The summed E-state index contributed by atoms with van der Waals surface area (Å²) in [5, 5.41) is 3.13. The molecule has 0 amide bonds. The predicted octanol–water partition coefficient (Wildman–Crippen LogP) is 2.60. The van der Waals surface area contributed by atoms with Crippen LogP contribution < -0.4 is 5.73 Å². The molecule has 0 saturated heterocycles. The molecule has 0 aliphatic carbocycles. The minimum absolute atomic E-state index is 0.100. The Morgan fingerprint density at radius 3 is 2.44 bits per heavy atom. The maximum atomic E-state index is 5.93. The monoisotopic (exact) mass is 268 g/mol. The van der Waals surface area contributed by atoms with Gasteiger partial charge in [0.2, 0.25) is 0 Å². The summed E-state index contributed by atoms with van der Waals surface area (Å²) in [4.78, 5) is 11.0. The lowest BCUT2D eigenvalue weighted by atomic mass is 9.93. The first-order valence-corrected chi connectivity index (χ1v) is 7.26. The SMILES string of the molecule is CCN(CC)C(N)=NCc1nc(C(C)(C)C)cs1. The smallest absolute Gasteiger partial charge is 0.191 e. The van der Waals surface area contributed by atoms with Crippen LogP contribution in [0.25, 0.3) is 0 Å². The molecule has 0 bridgehead atoms. The lowest BCUT2D eigenvalue weighted by Crippen LogP contribution is -2.37. The van der Waals surface area contributed by atoms with Gasteiger partial charge in [-0.3, -0.25) is 0 Å². The van der Waals surface area contributed by atoms with Gasteiger partial charge in [-0.2, -0.15) is 0 Å². The second-order valence-corrected chi connectivity index (χ2v) is 6.17. The van der Waals surface area contributed by atoms with E-state index in [2.05, 4.69) is 50.0 Å². The fraction of sp³-hybridized carbons (Fsp3) is 0.692. The Balaban J connectivity index is 2.69. The molecule has 1 heterocycles. The van der Waals surface area contributed by atoms with Crippen LogP contribution in [0.4, 0.5) is 0 Å². The maximum Gasteiger partial charge on any atom is 0.191 e. The molecule has 0 aliphatic rings. The van der Waals surface area contributed by atoms with Gasteiger partial charge in [-0.15, -0.1) is 11.3 Å². The quantitative estimate of drug-likeness (QED) is 0.674. The van der Waals surface area contributed by atoms with E-state index in [0.717, 1.165) is 23.8 Å². The zero-order valence-electron chi connectivity index (χ0n) is 12.0. The van der Waals surface area contributed by atoms with Crippen LogP contribution in [-0.4, -0.2) is 28.9 Å². The van der Waals surface area contributed by atoms with Crippen molar-refractivity contribution in [3.05, 3.63) is 16.1 Å². The van der Waals surface area contributed by atoms with Crippen molar-refractivity contribution in [2.45, 2.75) is 46.6 Å². The zero-order valence-corrected chi connectivity index (χ0v) is 12.8. The summed E-state index contributed by atoms with van der Waals surface area (Å²) in [6.07, 6.45) is 0. The molecule has 18 heavy (non-hydrogen) atoms. The Bertz CT molecular complexity index is 399. The second kappa shape index (κ2) is 6.18. The Kier molecular flexibility index (Phi) is 5.14. The molecule has 0 spiro atoms. The number of hydrogen-bond acceptors (Lipinski definition) is 3. The van der Waals surface area contributed by atoms with Crippen LogP contribution in [0.3, 0.4) is 0 Å². The Morgan fingerprint density at radius 2 is 2.00 bits per heavy atom. The highest BCUT2D eigenvalue weighted by atomic mass is 32.1.